The van der Waals surface area contributed by atoms with Gasteiger partial charge in [-0.2, -0.15) is 13.2 Å². The maximum absolute atomic E-state index is 14.8. The maximum atomic E-state index is 14.8. The number of benzene rings is 2. The molecule has 0 bridgehead atoms. The highest BCUT2D eigenvalue weighted by Gasteiger charge is 2.26. The van der Waals surface area contributed by atoms with Gasteiger partial charge < -0.3 is 25.0 Å². The van der Waals surface area contributed by atoms with Crippen LogP contribution in [0.5, 0.6) is 5.75 Å². The second-order valence-electron chi connectivity index (χ2n) is 9.14. The van der Waals surface area contributed by atoms with E-state index in [0.717, 1.165) is 17.7 Å². The van der Waals surface area contributed by atoms with Crippen molar-refractivity contribution in [3.8, 4) is 17.0 Å². The molecule has 2 N–H and O–H groups in total. The van der Waals surface area contributed by atoms with Gasteiger partial charge in [0.1, 0.15) is 0 Å². The summed E-state index contributed by atoms with van der Waals surface area (Å²) in [5, 5.41) is 12.3. The number of anilines is 2. The van der Waals surface area contributed by atoms with E-state index < -0.39 is 30.1 Å². The number of aryl methyl sites for hydroxylation is 1. The number of alkyl halides is 2. The van der Waals surface area contributed by atoms with E-state index in [2.05, 4.69) is 20.0 Å². The number of carbonyl (C=O) groups is 2. The first-order chi connectivity index (χ1) is 19.7. The summed E-state index contributed by atoms with van der Waals surface area (Å²) in [6.45, 7) is -0.310. The van der Waals surface area contributed by atoms with Crippen LogP contribution in [0.25, 0.3) is 16.9 Å². The summed E-state index contributed by atoms with van der Waals surface area (Å²) in [7, 11) is 0. The van der Waals surface area contributed by atoms with Crippen molar-refractivity contribution in [2.24, 2.45) is 0 Å². The number of carboxylic acid groups (broad SMARTS) is 1. The van der Waals surface area contributed by atoms with Gasteiger partial charge in [0.25, 0.3) is 5.91 Å². The van der Waals surface area contributed by atoms with Crippen LogP contribution in [0, 0.1) is 11.6 Å². The minimum absolute atomic E-state index is 0.156. The lowest BCUT2D eigenvalue weighted by Crippen LogP contribution is -2.50. The molecule has 0 saturated carbocycles. The van der Waals surface area contributed by atoms with Crippen molar-refractivity contribution in [1.82, 2.24) is 24.2 Å². The third-order valence-corrected chi connectivity index (χ3v) is 6.78. The molecule has 0 spiro atoms. The zero-order chi connectivity index (χ0) is 29.3. The van der Waals surface area contributed by atoms with Crippen LogP contribution in [0.2, 0.25) is 0 Å². The Morgan fingerprint density at radius 1 is 1.05 bits per heavy atom. The Morgan fingerprint density at radius 2 is 1.78 bits per heavy atom. The molecule has 3 heterocycles. The molecule has 1 fully saturated rings. The van der Waals surface area contributed by atoms with Gasteiger partial charge in [-0.25, -0.2) is 19.2 Å². The standard InChI is InChI=1S/C27H24F4N6O4/c1-2-15-13-16(3-4-17(15)25(38)35-9-11-36(12-10-35)27(39)40)34-23-24-33-14-19(37(24)8-7-32-23)18-5-6-20(41-26(30)31)22(29)21(18)28/h3-8,13-14,26H,2,9-12H2,1H3,(H,32,34)(H,39,40). The highest BCUT2D eigenvalue weighted by Crippen LogP contribution is 2.32. The van der Waals surface area contributed by atoms with E-state index in [1.165, 1.54) is 27.9 Å². The van der Waals surface area contributed by atoms with Crippen molar-refractivity contribution in [2.75, 3.05) is 31.5 Å². The summed E-state index contributed by atoms with van der Waals surface area (Å²) >= 11 is 0. The molecular formula is C27H24F4N6O4. The lowest BCUT2D eigenvalue weighted by molar-refractivity contribution is -0.0525. The van der Waals surface area contributed by atoms with Crippen molar-refractivity contribution >= 4 is 29.2 Å². The Balaban J connectivity index is 1.39. The van der Waals surface area contributed by atoms with E-state index in [9.17, 15) is 27.2 Å². The summed E-state index contributed by atoms with van der Waals surface area (Å²) in [4.78, 5) is 35.8. The minimum Gasteiger partial charge on any atom is -0.465 e. The summed E-state index contributed by atoms with van der Waals surface area (Å²) < 4.78 is 59.6. The third-order valence-electron chi connectivity index (χ3n) is 6.78. The fourth-order valence-corrected chi connectivity index (χ4v) is 4.70. The fraction of sp³-hybridized carbons (Fsp3) is 0.259. The number of rotatable bonds is 7. The number of carbonyl (C=O) groups excluding carboxylic acids is 1. The van der Waals surface area contributed by atoms with E-state index in [4.69, 9.17) is 5.11 Å². The number of nitrogens with zero attached hydrogens (tertiary/aromatic N) is 5. The predicted molar refractivity (Wildman–Crippen MR) is 140 cm³/mol. The van der Waals surface area contributed by atoms with Crippen LogP contribution in [0.1, 0.15) is 22.8 Å². The van der Waals surface area contributed by atoms with E-state index in [1.807, 2.05) is 6.92 Å². The van der Waals surface area contributed by atoms with E-state index in [-0.39, 0.29) is 35.9 Å². The van der Waals surface area contributed by atoms with Gasteiger partial charge in [-0.15, -0.1) is 0 Å². The molecule has 41 heavy (non-hydrogen) atoms. The Hall–Kier alpha value is -4.88. The highest BCUT2D eigenvalue weighted by atomic mass is 19.3. The number of halogens is 4. The predicted octanol–water partition coefficient (Wildman–Crippen LogP) is 5.02. The van der Waals surface area contributed by atoms with E-state index >= 15 is 0 Å². The largest absolute Gasteiger partial charge is 0.465 e. The second kappa shape index (κ2) is 11.3. The molecule has 214 valence electrons. The van der Waals surface area contributed by atoms with Gasteiger partial charge >= 0.3 is 12.7 Å². The molecule has 0 atom stereocenters. The zero-order valence-corrected chi connectivity index (χ0v) is 21.7. The molecule has 2 aromatic heterocycles. The number of piperazine rings is 1. The number of hydrogen-bond acceptors (Lipinski definition) is 6. The summed E-state index contributed by atoms with van der Waals surface area (Å²) in [5.41, 5.74) is 2.10. The van der Waals surface area contributed by atoms with Crippen LogP contribution < -0.4 is 10.1 Å². The molecule has 14 heteroatoms. The van der Waals surface area contributed by atoms with Gasteiger partial charge in [0.05, 0.1) is 11.9 Å². The lowest BCUT2D eigenvalue weighted by atomic mass is 10.0. The number of fused-ring (bicyclic) bond motifs is 1. The van der Waals surface area contributed by atoms with Crippen LogP contribution >= 0.6 is 0 Å². The zero-order valence-electron chi connectivity index (χ0n) is 21.7. The van der Waals surface area contributed by atoms with E-state index in [0.29, 0.717) is 36.6 Å². The van der Waals surface area contributed by atoms with Crippen LogP contribution in [0.4, 0.5) is 33.9 Å². The molecule has 4 aromatic rings. The van der Waals surface area contributed by atoms with Crippen molar-refractivity contribution in [3.63, 3.8) is 0 Å². The molecule has 10 nitrogen and oxygen atoms in total. The topological polar surface area (TPSA) is 112 Å². The lowest BCUT2D eigenvalue weighted by Gasteiger charge is -2.33. The summed E-state index contributed by atoms with van der Waals surface area (Å²) in [5.74, 6) is -3.71. The van der Waals surface area contributed by atoms with E-state index in [1.54, 1.807) is 23.1 Å². The number of imidazole rings is 1. The second-order valence-corrected chi connectivity index (χ2v) is 9.14. The van der Waals surface area contributed by atoms with Crippen LogP contribution in [0.15, 0.2) is 48.9 Å². The first kappa shape index (κ1) is 27.7. The Bertz CT molecular complexity index is 1620. The monoisotopic (exact) mass is 572 g/mol. The van der Waals surface area contributed by atoms with Gasteiger partial charge in [-0.3, -0.25) is 9.20 Å². The molecule has 0 radical (unpaired) electrons. The quantitative estimate of drug-likeness (QED) is 0.299. The van der Waals surface area contributed by atoms with Crippen molar-refractivity contribution < 1.29 is 37.0 Å². The molecule has 2 aromatic carbocycles. The smallest absolute Gasteiger partial charge is 0.407 e. The molecule has 2 amide bonds. The number of nitrogens with one attached hydrogen (secondary N) is 1. The normalized spacial score (nSPS) is 13.6. The molecule has 1 aliphatic heterocycles. The maximum Gasteiger partial charge on any atom is 0.407 e. The third kappa shape index (κ3) is 5.44. The summed E-state index contributed by atoms with van der Waals surface area (Å²) in [6.07, 6.45) is 3.76. The van der Waals surface area contributed by atoms with Crippen molar-refractivity contribution in [3.05, 3.63) is 71.7 Å². The van der Waals surface area contributed by atoms with Gasteiger partial charge in [-0.05, 0) is 42.3 Å². The van der Waals surface area contributed by atoms with Crippen molar-refractivity contribution in [1.29, 1.82) is 0 Å². The number of amides is 2. The van der Waals surface area contributed by atoms with Crippen LogP contribution in [-0.2, 0) is 6.42 Å². The average Bonchev–Trinajstić information content (AvgIpc) is 3.40. The van der Waals surface area contributed by atoms with Gasteiger partial charge in [0, 0.05) is 55.4 Å². The molecule has 1 saturated heterocycles. The van der Waals surface area contributed by atoms with Gasteiger partial charge in [0.15, 0.2) is 23.0 Å². The van der Waals surface area contributed by atoms with Gasteiger partial charge in [-0.1, -0.05) is 6.92 Å². The summed E-state index contributed by atoms with van der Waals surface area (Å²) in [6, 6.07) is 7.22. The minimum atomic E-state index is -3.31. The highest BCUT2D eigenvalue weighted by molar-refractivity contribution is 5.96. The molecule has 0 aliphatic carbocycles. The SMILES string of the molecule is CCc1cc(Nc2nccn3c(-c4ccc(OC(F)F)c(F)c4F)cnc23)ccc1C(=O)N1CCN(C(=O)O)CC1. The Labute approximate surface area is 230 Å². The first-order valence-electron chi connectivity index (χ1n) is 12.6. The van der Waals surface area contributed by atoms with Crippen LogP contribution in [0.3, 0.4) is 0 Å². The molecular weight excluding hydrogens is 548 g/mol. The van der Waals surface area contributed by atoms with Crippen LogP contribution in [-0.4, -0.2) is 74.1 Å². The number of ether oxygens (including phenoxy) is 1. The number of aromatic nitrogens is 3. The van der Waals surface area contributed by atoms with Gasteiger partial charge in [0.2, 0.25) is 5.82 Å². The first-order valence-corrected chi connectivity index (χ1v) is 12.6. The Morgan fingerprint density at radius 3 is 2.46 bits per heavy atom. The Kier molecular flexibility index (Phi) is 7.64. The fourth-order valence-electron chi connectivity index (χ4n) is 4.70. The average molecular weight is 573 g/mol. The number of hydrogen-bond donors (Lipinski definition) is 2. The molecule has 0 unspecified atom stereocenters. The molecule has 5 rings (SSSR count). The van der Waals surface area contributed by atoms with Crippen molar-refractivity contribution in [2.45, 2.75) is 20.0 Å². The molecule has 1 aliphatic rings.